The predicted octanol–water partition coefficient (Wildman–Crippen LogP) is 1.80. The summed E-state index contributed by atoms with van der Waals surface area (Å²) in [4.78, 5) is 10.2. The van der Waals surface area contributed by atoms with Crippen LogP contribution in [0.1, 0.15) is 11.1 Å². The van der Waals surface area contributed by atoms with Gasteiger partial charge in [0, 0.05) is 6.08 Å². The summed E-state index contributed by atoms with van der Waals surface area (Å²) in [7, 11) is 0. The number of phenolic OH excluding ortho intramolecular Hbond substituents is 1. The van der Waals surface area contributed by atoms with Gasteiger partial charge in [-0.1, -0.05) is 6.07 Å². The van der Waals surface area contributed by atoms with E-state index in [9.17, 15) is 9.90 Å². The Labute approximate surface area is 76.0 Å². The van der Waals surface area contributed by atoms with Crippen LogP contribution in [-0.4, -0.2) is 16.2 Å². The molecule has 3 nitrogen and oxygen atoms in total. The molecule has 0 atom stereocenters. The van der Waals surface area contributed by atoms with Crippen molar-refractivity contribution in [1.29, 1.82) is 0 Å². The third-order valence-electron chi connectivity index (χ3n) is 1.50. The second kappa shape index (κ2) is 3.76. The van der Waals surface area contributed by atoms with E-state index >= 15 is 0 Å². The van der Waals surface area contributed by atoms with Crippen molar-refractivity contribution in [2.75, 3.05) is 0 Å². The second-order valence-corrected chi connectivity index (χ2v) is 2.77. The van der Waals surface area contributed by atoms with E-state index in [0.717, 1.165) is 11.6 Å². The van der Waals surface area contributed by atoms with Gasteiger partial charge in [-0.3, -0.25) is 0 Å². The van der Waals surface area contributed by atoms with Gasteiger partial charge in [-0.15, -0.1) is 0 Å². The Morgan fingerprint density at radius 3 is 2.62 bits per heavy atom. The van der Waals surface area contributed by atoms with Crippen LogP contribution in [0.5, 0.6) is 5.75 Å². The first-order chi connectivity index (χ1) is 6.08. The molecule has 0 aliphatic rings. The maximum atomic E-state index is 10.2. The molecule has 0 aliphatic carbocycles. The Balaban J connectivity index is 2.95. The molecule has 13 heavy (non-hydrogen) atoms. The number of carboxylic acid groups (broad SMARTS) is 1. The first-order valence-electron chi connectivity index (χ1n) is 3.79. The summed E-state index contributed by atoms with van der Waals surface area (Å²) in [6, 6.07) is 4.91. The normalized spacial score (nSPS) is 10.5. The lowest BCUT2D eigenvalue weighted by Gasteiger charge is -1.97. The fourth-order valence-corrected chi connectivity index (χ4v) is 1.06. The highest BCUT2D eigenvalue weighted by Crippen LogP contribution is 2.15. The van der Waals surface area contributed by atoms with Crippen LogP contribution in [0.25, 0.3) is 6.08 Å². The number of aromatic hydroxyl groups is 1. The summed E-state index contributed by atoms with van der Waals surface area (Å²) in [6.45, 7) is 1.83. The molecule has 1 rings (SSSR count). The van der Waals surface area contributed by atoms with Gasteiger partial charge in [0.05, 0.1) is 0 Å². The molecule has 1 aromatic carbocycles. The number of aryl methyl sites for hydroxylation is 1. The van der Waals surface area contributed by atoms with E-state index in [-0.39, 0.29) is 5.75 Å². The molecule has 0 radical (unpaired) electrons. The maximum Gasteiger partial charge on any atom is 0.328 e. The van der Waals surface area contributed by atoms with Crippen molar-refractivity contribution in [3.8, 4) is 5.75 Å². The summed E-state index contributed by atoms with van der Waals surface area (Å²) in [5, 5.41) is 17.5. The zero-order chi connectivity index (χ0) is 9.84. The first kappa shape index (κ1) is 9.32. The summed E-state index contributed by atoms with van der Waals surface area (Å²) >= 11 is 0. The molecule has 0 aromatic heterocycles. The van der Waals surface area contributed by atoms with Crippen molar-refractivity contribution in [2.24, 2.45) is 0 Å². The highest BCUT2D eigenvalue weighted by molar-refractivity contribution is 5.85. The Morgan fingerprint density at radius 1 is 1.38 bits per heavy atom. The maximum absolute atomic E-state index is 10.2. The minimum absolute atomic E-state index is 0.144. The van der Waals surface area contributed by atoms with Crippen molar-refractivity contribution >= 4 is 12.0 Å². The molecule has 1 aromatic rings. The van der Waals surface area contributed by atoms with E-state index < -0.39 is 5.97 Å². The zero-order valence-corrected chi connectivity index (χ0v) is 7.19. The lowest BCUT2D eigenvalue weighted by molar-refractivity contribution is -0.131. The van der Waals surface area contributed by atoms with Gasteiger partial charge in [-0.05, 0) is 36.3 Å². The minimum atomic E-state index is -0.999. The van der Waals surface area contributed by atoms with Gasteiger partial charge in [0.25, 0.3) is 0 Å². The van der Waals surface area contributed by atoms with Crippen molar-refractivity contribution in [3.63, 3.8) is 0 Å². The summed E-state index contributed by atoms with van der Waals surface area (Å²) in [6.07, 6.45) is 2.48. The molecular formula is C10H10O3. The smallest absolute Gasteiger partial charge is 0.328 e. The van der Waals surface area contributed by atoms with Crippen LogP contribution in [0.15, 0.2) is 24.3 Å². The van der Waals surface area contributed by atoms with Crippen LogP contribution in [-0.2, 0) is 4.79 Å². The lowest BCUT2D eigenvalue weighted by atomic mass is 10.1. The number of carbonyl (C=O) groups is 1. The molecule has 0 amide bonds. The molecule has 68 valence electrons. The average molecular weight is 178 g/mol. The highest BCUT2D eigenvalue weighted by atomic mass is 16.4. The molecule has 0 saturated carbocycles. The summed E-state index contributed by atoms with van der Waals surface area (Å²) in [5.74, 6) is -0.856. The minimum Gasteiger partial charge on any atom is -0.508 e. The van der Waals surface area contributed by atoms with Crippen LogP contribution in [0, 0.1) is 6.92 Å². The molecule has 0 aliphatic heterocycles. The number of hydrogen-bond acceptors (Lipinski definition) is 2. The van der Waals surface area contributed by atoms with Gasteiger partial charge >= 0.3 is 5.97 Å². The number of rotatable bonds is 2. The molecular weight excluding hydrogens is 168 g/mol. The van der Waals surface area contributed by atoms with E-state index in [4.69, 9.17) is 5.11 Å². The van der Waals surface area contributed by atoms with Gasteiger partial charge in [0.2, 0.25) is 0 Å². The van der Waals surface area contributed by atoms with Crippen LogP contribution in [0.2, 0.25) is 0 Å². The molecule has 0 spiro atoms. The Hall–Kier alpha value is -1.77. The molecule has 0 fully saturated rings. The largest absolute Gasteiger partial charge is 0.508 e. The van der Waals surface area contributed by atoms with E-state index in [1.54, 1.807) is 12.1 Å². The van der Waals surface area contributed by atoms with Crippen molar-refractivity contribution in [3.05, 3.63) is 35.4 Å². The highest BCUT2D eigenvalue weighted by Gasteiger charge is 1.94. The van der Waals surface area contributed by atoms with Gasteiger partial charge in [0.1, 0.15) is 5.75 Å². The van der Waals surface area contributed by atoms with Crippen molar-refractivity contribution in [1.82, 2.24) is 0 Å². The third-order valence-corrected chi connectivity index (χ3v) is 1.50. The second-order valence-electron chi connectivity index (χ2n) is 2.77. The number of aliphatic carboxylic acids is 1. The zero-order valence-electron chi connectivity index (χ0n) is 7.19. The number of carboxylic acids is 1. The molecule has 0 heterocycles. The van der Waals surface area contributed by atoms with Crippen LogP contribution < -0.4 is 0 Å². The number of hydrogen-bond donors (Lipinski definition) is 2. The Bertz CT molecular complexity index is 333. The van der Waals surface area contributed by atoms with Crippen molar-refractivity contribution < 1.29 is 15.0 Å². The predicted molar refractivity (Wildman–Crippen MR) is 49.5 cm³/mol. The number of phenols is 1. The summed E-state index contributed by atoms with van der Waals surface area (Å²) in [5.41, 5.74) is 1.57. The topological polar surface area (TPSA) is 57.5 Å². The summed E-state index contributed by atoms with van der Waals surface area (Å²) < 4.78 is 0. The molecule has 0 saturated heterocycles. The Kier molecular flexibility index (Phi) is 2.69. The van der Waals surface area contributed by atoms with E-state index in [0.29, 0.717) is 5.56 Å². The van der Waals surface area contributed by atoms with Crippen molar-refractivity contribution in [2.45, 2.75) is 6.92 Å². The lowest BCUT2D eigenvalue weighted by Crippen LogP contribution is -1.85. The number of benzene rings is 1. The van der Waals surface area contributed by atoms with Gasteiger partial charge in [-0.2, -0.15) is 0 Å². The van der Waals surface area contributed by atoms with Gasteiger partial charge in [0.15, 0.2) is 0 Å². The standard InChI is InChI=1S/C10H10O3/c1-7-4-8(2-3-10(12)13)6-9(11)5-7/h2-6,11H,1H3,(H,12,13). The van der Waals surface area contributed by atoms with Crippen LogP contribution >= 0.6 is 0 Å². The SMILES string of the molecule is Cc1cc(O)cc(C=CC(=O)O)c1. The molecule has 0 bridgehead atoms. The molecule has 2 N–H and O–H groups in total. The monoisotopic (exact) mass is 178 g/mol. The first-order valence-corrected chi connectivity index (χ1v) is 3.79. The average Bonchev–Trinajstić information content (AvgIpc) is 1.99. The molecule has 0 unspecified atom stereocenters. The van der Waals surface area contributed by atoms with Crippen LogP contribution in [0.3, 0.4) is 0 Å². The van der Waals surface area contributed by atoms with E-state index in [1.807, 2.05) is 6.92 Å². The fraction of sp³-hybridized carbons (Fsp3) is 0.100. The van der Waals surface area contributed by atoms with Gasteiger partial charge in [-0.25, -0.2) is 4.79 Å². The fourth-order valence-electron chi connectivity index (χ4n) is 1.06. The van der Waals surface area contributed by atoms with Crippen LogP contribution in [0.4, 0.5) is 0 Å². The van der Waals surface area contributed by atoms with Gasteiger partial charge < -0.3 is 10.2 Å². The quantitative estimate of drug-likeness (QED) is 0.679. The van der Waals surface area contributed by atoms with E-state index in [1.165, 1.54) is 12.1 Å². The molecule has 3 heteroatoms. The third kappa shape index (κ3) is 2.99. The Morgan fingerprint density at radius 2 is 2.08 bits per heavy atom. The van der Waals surface area contributed by atoms with E-state index in [2.05, 4.69) is 0 Å².